The molecular weight excluding hydrogens is 394 g/mol. The van der Waals surface area contributed by atoms with Gasteiger partial charge in [-0.1, -0.05) is 49.4 Å². The van der Waals surface area contributed by atoms with E-state index in [4.69, 9.17) is 4.98 Å². The molecule has 5 nitrogen and oxygen atoms in total. The van der Waals surface area contributed by atoms with Gasteiger partial charge in [-0.25, -0.2) is 4.98 Å². The summed E-state index contributed by atoms with van der Waals surface area (Å²) >= 11 is 1.33. The zero-order valence-corrected chi connectivity index (χ0v) is 18.2. The summed E-state index contributed by atoms with van der Waals surface area (Å²) in [5.41, 5.74) is 2.57. The Labute approximate surface area is 180 Å². The Balaban J connectivity index is 1.72. The quantitative estimate of drug-likeness (QED) is 0.430. The maximum atomic E-state index is 13.4. The lowest BCUT2D eigenvalue weighted by Crippen LogP contribution is -2.33. The van der Waals surface area contributed by atoms with Gasteiger partial charge in [0.1, 0.15) is 0 Å². The molecule has 4 rings (SSSR count). The van der Waals surface area contributed by atoms with E-state index in [2.05, 4.69) is 24.4 Å². The number of nitrogens with one attached hydrogen (secondary N) is 1. The number of fused-ring (bicyclic) bond motifs is 1. The fourth-order valence-electron chi connectivity index (χ4n) is 3.37. The van der Waals surface area contributed by atoms with Crippen LogP contribution in [-0.2, 0) is 11.2 Å². The van der Waals surface area contributed by atoms with E-state index < -0.39 is 0 Å². The molecule has 1 saturated carbocycles. The number of carbonyl (C=O) groups excluding carboxylic acids is 1. The molecule has 6 heteroatoms. The van der Waals surface area contributed by atoms with Crippen LogP contribution in [0.15, 0.2) is 58.5 Å². The Hall–Kier alpha value is -2.60. The predicted octanol–water partition coefficient (Wildman–Crippen LogP) is 4.49. The van der Waals surface area contributed by atoms with Gasteiger partial charge in [-0.05, 0) is 62.4 Å². The Morgan fingerprint density at radius 1 is 1.20 bits per heavy atom. The second kappa shape index (κ2) is 9.04. The van der Waals surface area contributed by atoms with Crippen molar-refractivity contribution in [1.29, 1.82) is 0 Å². The van der Waals surface area contributed by atoms with Crippen LogP contribution in [-0.4, -0.2) is 26.8 Å². The molecular formula is C24H27N3O2S. The number of para-hydroxylation sites is 1. The van der Waals surface area contributed by atoms with Crippen molar-refractivity contribution in [3.63, 3.8) is 0 Å². The van der Waals surface area contributed by atoms with Crippen LogP contribution >= 0.6 is 11.8 Å². The third-order valence-corrected chi connectivity index (χ3v) is 6.39. The number of rotatable bonds is 8. The van der Waals surface area contributed by atoms with Crippen molar-refractivity contribution in [1.82, 2.24) is 14.9 Å². The monoisotopic (exact) mass is 421 g/mol. The van der Waals surface area contributed by atoms with Gasteiger partial charge in [0.05, 0.1) is 21.8 Å². The highest BCUT2D eigenvalue weighted by Crippen LogP contribution is 2.27. The number of aromatic nitrogens is 2. The second-order valence-corrected chi connectivity index (χ2v) is 9.17. The number of unbranched alkanes of at least 4 members (excludes halogenated alkanes) is 1. The molecule has 1 aliphatic rings. The molecule has 1 amide bonds. The van der Waals surface area contributed by atoms with Crippen LogP contribution in [0.5, 0.6) is 0 Å². The molecule has 1 atom stereocenters. The topological polar surface area (TPSA) is 64.0 Å². The van der Waals surface area contributed by atoms with Crippen molar-refractivity contribution >= 4 is 28.6 Å². The van der Waals surface area contributed by atoms with Gasteiger partial charge in [0.25, 0.3) is 5.56 Å². The lowest BCUT2D eigenvalue weighted by atomic mass is 10.1. The minimum atomic E-state index is -0.339. The van der Waals surface area contributed by atoms with Crippen molar-refractivity contribution in [3.8, 4) is 5.69 Å². The van der Waals surface area contributed by atoms with Crippen molar-refractivity contribution in [2.45, 2.75) is 62.4 Å². The number of benzene rings is 2. The number of hydrogen-bond donors (Lipinski definition) is 1. The first-order valence-corrected chi connectivity index (χ1v) is 11.5. The smallest absolute Gasteiger partial charge is 0.266 e. The van der Waals surface area contributed by atoms with E-state index in [0.717, 1.165) is 37.8 Å². The minimum absolute atomic E-state index is 0.00799. The van der Waals surface area contributed by atoms with Crippen LogP contribution in [0.4, 0.5) is 0 Å². The lowest BCUT2D eigenvalue weighted by molar-refractivity contribution is -0.120. The fraction of sp³-hybridized carbons (Fsp3) is 0.375. The van der Waals surface area contributed by atoms with Crippen molar-refractivity contribution < 1.29 is 4.79 Å². The number of amides is 1. The number of hydrogen-bond acceptors (Lipinski definition) is 4. The van der Waals surface area contributed by atoms with Gasteiger partial charge in [0.15, 0.2) is 5.16 Å². The molecule has 1 aromatic heterocycles. The van der Waals surface area contributed by atoms with Gasteiger partial charge < -0.3 is 5.32 Å². The molecule has 0 saturated heterocycles. The first-order valence-electron chi connectivity index (χ1n) is 10.6. The van der Waals surface area contributed by atoms with Gasteiger partial charge in [-0.2, -0.15) is 0 Å². The highest BCUT2D eigenvalue weighted by molar-refractivity contribution is 8.00. The largest absolute Gasteiger partial charge is 0.352 e. The summed E-state index contributed by atoms with van der Waals surface area (Å²) in [5.74, 6) is -0.00799. The van der Waals surface area contributed by atoms with Crippen LogP contribution < -0.4 is 10.9 Å². The number of carbonyl (C=O) groups is 1. The summed E-state index contributed by atoms with van der Waals surface area (Å²) in [5, 5.41) is 3.81. The summed E-state index contributed by atoms with van der Waals surface area (Å²) in [7, 11) is 0. The summed E-state index contributed by atoms with van der Waals surface area (Å²) in [6.45, 7) is 4.04. The molecule has 3 aromatic rings. The zero-order valence-electron chi connectivity index (χ0n) is 17.4. The molecule has 0 bridgehead atoms. The van der Waals surface area contributed by atoms with Crippen LogP contribution in [0.25, 0.3) is 16.6 Å². The van der Waals surface area contributed by atoms with Crippen LogP contribution in [0.1, 0.15) is 45.1 Å². The second-order valence-electron chi connectivity index (χ2n) is 7.87. The minimum Gasteiger partial charge on any atom is -0.352 e. The predicted molar refractivity (Wildman–Crippen MR) is 122 cm³/mol. The SMILES string of the molecule is CCCCc1ccc(-n2c(SC(C)C(=O)NC3CC3)nc3ccccc3c2=O)cc1. The third-order valence-electron chi connectivity index (χ3n) is 5.33. The first-order chi connectivity index (χ1) is 14.6. The highest BCUT2D eigenvalue weighted by Gasteiger charge is 2.27. The molecule has 1 heterocycles. The summed E-state index contributed by atoms with van der Waals surface area (Å²) in [4.78, 5) is 30.6. The van der Waals surface area contributed by atoms with Crippen molar-refractivity contribution in [2.24, 2.45) is 0 Å². The number of nitrogens with zero attached hydrogens (tertiary/aromatic N) is 2. The van der Waals surface area contributed by atoms with E-state index in [-0.39, 0.29) is 16.7 Å². The van der Waals surface area contributed by atoms with Crippen LogP contribution in [0.2, 0.25) is 0 Å². The Morgan fingerprint density at radius 3 is 2.63 bits per heavy atom. The molecule has 0 spiro atoms. The first kappa shape index (κ1) is 20.7. The van der Waals surface area contributed by atoms with Gasteiger partial charge in [0.2, 0.25) is 5.91 Å². The van der Waals surface area contributed by atoms with E-state index in [9.17, 15) is 9.59 Å². The van der Waals surface area contributed by atoms with Gasteiger partial charge in [0, 0.05) is 6.04 Å². The molecule has 30 heavy (non-hydrogen) atoms. The molecule has 0 aliphatic heterocycles. The molecule has 1 unspecified atom stereocenters. The molecule has 1 N–H and O–H groups in total. The molecule has 0 radical (unpaired) electrons. The van der Waals surface area contributed by atoms with E-state index in [1.165, 1.54) is 17.3 Å². The summed E-state index contributed by atoms with van der Waals surface area (Å²) in [6.07, 6.45) is 5.42. The van der Waals surface area contributed by atoms with Gasteiger partial charge >= 0.3 is 0 Å². The standard InChI is InChI=1S/C24H27N3O2S/c1-3-4-7-17-10-14-19(15-11-17)27-23(29)20-8-5-6-9-21(20)26-24(27)30-16(2)22(28)25-18-12-13-18/h5-6,8-11,14-16,18H,3-4,7,12-13H2,1-2H3,(H,25,28). The average molecular weight is 422 g/mol. The van der Waals surface area contributed by atoms with Gasteiger partial charge in [-0.15, -0.1) is 0 Å². The highest BCUT2D eigenvalue weighted by atomic mass is 32.2. The maximum absolute atomic E-state index is 13.4. The fourth-order valence-corrected chi connectivity index (χ4v) is 4.31. The normalized spacial score (nSPS) is 14.6. The Bertz CT molecular complexity index is 1100. The van der Waals surface area contributed by atoms with E-state index in [1.54, 1.807) is 10.6 Å². The van der Waals surface area contributed by atoms with Crippen LogP contribution in [0.3, 0.4) is 0 Å². The Kier molecular flexibility index (Phi) is 6.23. The molecule has 1 fully saturated rings. The number of thioether (sulfide) groups is 1. The average Bonchev–Trinajstić information content (AvgIpc) is 3.57. The lowest BCUT2D eigenvalue weighted by Gasteiger charge is -2.16. The summed E-state index contributed by atoms with van der Waals surface area (Å²) in [6, 6.07) is 15.8. The van der Waals surface area contributed by atoms with E-state index >= 15 is 0 Å². The van der Waals surface area contributed by atoms with Crippen molar-refractivity contribution in [2.75, 3.05) is 0 Å². The molecule has 1 aliphatic carbocycles. The van der Waals surface area contributed by atoms with E-state index in [1.807, 2.05) is 37.3 Å². The van der Waals surface area contributed by atoms with E-state index in [0.29, 0.717) is 22.1 Å². The third kappa shape index (κ3) is 4.59. The molecule has 156 valence electrons. The Morgan fingerprint density at radius 2 is 1.93 bits per heavy atom. The number of aryl methyl sites for hydroxylation is 1. The summed E-state index contributed by atoms with van der Waals surface area (Å²) < 4.78 is 1.64. The molecule has 2 aromatic carbocycles. The van der Waals surface area contributed by atoms with Gasteiger partial charge in [-0.3, -0.25) is 14.2 Å². The maximum Gasteiger partial charge on any atom is 0.266 e. The van der Waals surface area contributed by atoms with Crippen molar-refractivity contribution in [3.05, 3.63) is 64.4 Å². The zero-order chi connectivity index (χ0) is 21.1. The van der Waals surface area contributed by atoms with Crippen LogP contribution in [0, 0.1) is 0 Å².